The Labute approximate surface area is 145 Å². The highest BCUT2D eigenvalue weighted by Crippen LogP contribution is 2.27. The summed E-state index contributed by atoms with van der Waals surface area (Å²) in [5.74, 6) is 2.17. The van der Waals surface area contributed by atoms with Crippen LogP contribution in [0.2, 0.25) is 0 Å². The zero-order chi connectivity index (χ0) is 18.0. The molecule has 0 amide bonds. The number of nitrogens with zero attached hydrogens (tertiary/aromatic N) is 1. The van der Waals surface area contributed by atoms with Gasteiger partial charge in [-0.25, -0.2) is 0 Å². The zero-order valence-electron chi connectivity index (χ0n) is 15.5. The van der Waals surface area contributed by atoms with Crippen molar-refractivity contribution in [1.29, 1.82) is 0 Å². The number of ether oxygens (including phenoxy) is 2. The molecule has 0 aliphatic heterocycles. The van der Waals surface area contributed by atoms with Gasteiger partial charge in [0.2, 0.25) is 0 Å². The van der Waals surface area contributed by atoms with E-state index in [-0.39, 0.29) is 0 Å². The second-order valence-corrected chi connectivity index (χ2v) is 5.91. The molecule has 0 unspecified atom stereocenters. The maximum absolute atomic E-state index is 10.1. The average Bonchev–Trinajstić information content (AvgIpc) is 2.59. The van der Waals surface area contributed by atoms with Crippen LogP contribution in [0.4, 0.5) is 0 Å². The van der Waals surface area contributed by atoms with Gasteiger partial charge in [-0.15, -0.1) is 0 Å². The maximum Gasteiger partial charge on any atom is 0.191 e. The third-order valence-electron chi connectivity index (χ3n) is 3.84. The summed E-state index contributed by atoms with van der Waals surface area (Å²) in [7, 11) is 3.26. The molecule has 1 atom stereocenters. The number of aliphatic hydroxyl groups is 1. The van der Waals surface area contributed by atoms with Gasteiger partial charge in [0.15, 0.2) is 17.5 Å². The SMILES string of the molecule is CCNC(=NC[C@](C)(O)CC)NCCc1ccc(OC)c(OC)c1. The van der Waals surface area contributed by atoms with Crippen LogP contribution in [-0.4, -0.2) is 50.5 Å². The molecular weight excluding hydrogens is 306 g/mol. The normalized spacial score (nSPS) is 14.0. The van der Waals surface area contributed by atoms with E-state index in [1.165, 1.54) is 0 Å². The van der Waals surface area contributed by atoms with Gasteiger partial charge in [0.25, 0.3) is 0 Å². The quantitative estimate of drug-likeness (QED) is 0.474. The van der Waals surface area contributed by atoms with E-state index in [2.05, 4.69) is 15.6 Å². The Morgan fingerprint density at radius 1 is 1.17 bits per heavy atom. The minimum atomic E-state index is -0.772. The van der Waals surface area contributed by atoms with Crippen molar-refractivity contribution in [3.05, 3.63) is 23.8 Å². The number of hydrogen-bond donors (Lipinski definition) is 3. The molecule has 6 nitrogen and oxygen atoms in total. The van der Waals surface area contributed by atoms with Gasteiger partial charge in [-0.2, -0.15) is 0 Å². The van der Waals surface area contributed by atoms with Crippen molar-refractivity contribution in [2.24, 2.45) is 4.99 Å². The molecule has 0 saturated heterocycles. The maximum atomic E-state index is 10.1. The highest BCUT2D eigenvalue weighted by atomic mass is 16.5. The minimum absolute atomic E-state index is 0.370. The van der Waals surface area contributed by atoms with Crippen molar-refractivity contribution in [3.63, 3.8) is 0 Å². The van der Waals surface area contributed by atoms with Crippen LogP contribution in [-0.2, 0) is 6.42 Å². The van der Waals surface area contributed by atoms with Crippen LogP contribution >= 0.6 is 0 Å². The van der Waals surface area contributed by atoms with Gasteiger partial charge < -0.3 is 25.2 Å². The lowest BCUT2D eigenvalue weighted by atomic mass is 10.1. The van der Waals surface area contributed by atoms with Crippen LogP contribution in [0.3, 0.4) is 0 Å². The van der Waals surface area contributed by atoms with Crippen LogP contribution in [0.25, 0.3) is 0 Å². The van der Waals surface area contributed by atoms with E-state index in [1.54, 1.807) is 21.1 Å². The lowest BCUT2D eigenvalue weighted by Gasteiger charge is -2.20. The molecule has 1 aromatic carbocycles. The Bertz CT molecular complexity index is 530. The molecule has 0 spiro atoms. The molecular formula is C18H31N3O3. The molecule has 0 bridgehead atoms. The molecule has 0 aliphatic carbocycles. The molecule has 0 fully saturated rings. The second kappa shape index (κ2) is 10.0. The summed E-state index contributed by atoms with van der Waals surface area (Å²) >= 11 is 0. The number of benzene rings is 1. The molecule has 0 aliphatic rings. The van der Waals surface area contributed by atoms with Gasteiger partial charge in [-0.3, -0.25) is 4.99 Å². The molecule has 0 radical (unpaired) electrons. The van der Waals surface area contributed by atoms with E-state index in [0.29, 0.717) is 18.9 Å². The van der Waals surface area contributed by atoms with Crippen molar-refractivity contribution in [1.82, 2.24) is 10.6 Å². The fourth-order valence-corrected chi connectivity index (χ4v) is 2.06. The van der Waals surface area contributed by atoms with Crippen LogP contribution in [0.15, 0.2) is 23.2 Å². The van der Waals surface area contributed by atoms with Crippen molar-refractivity contribution in [3.8, 4) is 11.5 Å². The van der Waals surface area contributed by atoms with E-state index in [9.17, 15) is 5.11 Å². The van der Waals surface area contributed by atoms with E-state index < -0.39 is 5.60 Å². The predicted molar refractivity (Wildman–Crippen MR) is 98.1 cm³/mol. The summed E-state index contributed by atoms with van der Waals surface area (Å²) in [6.07, 6.45) is 1.50. The van der Waals surface area contributed by atoms with Crippen molar-refractivity contribution >= 4 is 5.96 Å². The lowest BCUT2D eigenvalue weighted by molar-refractivity contribution is 0.0656. The Morgan fingerprint density at radius 3 is 2.46 bits per heavy atom. The van der Waals surface area contributed by atoms with Crippen molar-refractivity contribution in [2.45, 2.75) is 39.2 Å². The first kappa shape index (κ1) is 20.1. The Hall–Kier alpha value is -1.95. The van der Waals surface area contributed by atoms with Crippen molar-refractivity contribution in [2.75, 3.05) is 33.9 Å². The Balaban J connectivity index is 2.60. The number of aliphatic imine (C=N–C) groups is 1. The molecule has 136 valence electrons. The summed E-state index contributed by atoms with van der Waals surface area (Å²) in [4.78, 5) is 4.45. The highest BCUT2D eigenvalue weighted by molar-refractivity contribution is 5.79. The summed E-state index contributed by atoms with van der Waals surface area (Å²) in [5, 5.41) is 16.5. The molecule has 0 saturated carbocycles. The summed E-state index contributed by atoms with van der Waals surface area (Å²) in [6.45, 7) is 7.64. The van der Waals surface area contributed by atoms with Gasteiger partial charge >= 0.3 is 0 Å². The molecule has 3 N–H and O–H groups in total. The fraction of sp³-hybridized carbons (Fsp3) is 0.611. The van der Waals surface area contributed by atoms with E-state index >= 15 is 0 Å². The largest absolute Gasteiger partial charge is 0.493 e. The monoisotopic (exact) mass is 337 g/mol. The van der Waals surface area contributed by atoms with Crippen molar-refractivity contribution < 1.29 is 14.6 Å². The van der Waals surface area contributed by atoms with E-state index in [0.717, 1.165) is 36.6 Å². The zero-order valence-corrected chi connectivity index (χ0v) is 15.5. The summed E-state index contributed by atoms with van der Waals surface area (Å²) in [5.41, 5.74) is 0.377. The number of methoxy groups -OCH3 is 2. The molecule has 0 heterocycles. The molecule has 1 rings (SSSR count). The first-order valence-corrected chi connectivity index (χ1v) is 8.41. The summed E-state index contributed by atoms with van der Waals surface area (Å²) < 4.78 is 10.6. The predicted octanol–water partition coefficient (Wildman–Crippen LogP) is 1.96. The molecule has 6 heteroatoms. The van der Waals surface area contributed by atoms with Gasteiger partial charge in [-0.05, 0) is 44.4 Å². The third-order valence-corrected chi connectivity index (χ3v) is 3.84. The summed E-state index contributed by atoms with van der Waals surface area (Å²) in [6, 6.07) is 5.91. The number of rotatable bonds is 9. The minimum Gasteiger partial charge on any atom is -0.493 e. The molecule has 1 aromatic rings. The average molecular weight is 337 g/mol. The van der Waals surface area contributed by atoms with Crippen LogP contribution in [0.5, 0.6) is 11.5 Å². The third kappa shape index (κ3) is 6.66. The van der Waals surface area contributed by atoms with Gasteiger partial charge in [0, 0.05) is 13.1 Å². The number of hydrogen-bond acceptors (Lipinski definition) is 4. The van der Waals surface area contributed by atoms with E-state index in [1.807, 2.05) is 32.0 Å². The smallest absolute Gasteiger partial charge is 0.191 e. The fourth-order valence-electron chi connectivity index (χ4n) is 2.06. The molecule has 0 aromatic heterocycles. The van der Waals surface area contributed by atoms with Crippen LogP contribution in [0.1, 0.15) is 32.8 Å². The number of guanidine groups is 1. The standard InChI is InChI=1S/C18H31N3O3/c1-6-18(3,22)13-21-17(19-7-2)20-11-10-14-8-9-15(23-4)16(12-14)24-5/h8-9,12,22H,6-7,10-11,13H2,1-5H3,(H2,19,20,21)/t18-/m1/s1. The molecule has 24 heavy (non-hydrogen) atoms. The Morgan fingerprint density at radius 2 is 1.88 bits per heavy atom. The first-order chi connectivity index (χ1) is 11.5. The van der Waals surface area contributed by atoms with Crippen LogP contribution in [0, 0.1) is 0 Å². The first-order valence-electron chi connectivity index (χ1n) is 8.41. The Kier molecular flexibility index (Phi) is 8.40. The van der Waals surface area contributed by atoms with Gasteiger partial charge in [0.1, 0.15) is 0 Å². The van der Waals surface area contributed by atoms with E-state index in [4.69, 9.17) is 9.47 Å². The topological polar surface area (TPSA) is 75.1 Å². The lowest BCUT2D eigenvalue weighted by Crippen LogP contribution is -2.40. The van der Waals surface area contributed by atoms with Gasteiger partial charge in [0.05, 0.1) is 26.4 Å². The van der Waals surface area contributed by atoms with Gasteiger partial charge in [-0.1, -0.05) is 13.0 Å². The highest BCUT2D eigenvalue weighted by Gasteiger charge is 2.16. The van der Waals surface area contributed by atoms with Crippen LogP contribution < -0.4 is 20.1 Å². The number of nitrogens with one attached hydrogen (secondary N) is 2. The second-order valence-electron chi connectivity index (χ2n) is 5.91.